The summed E-state index contributed by atoms with van der Waals surface area (Å²) < 4.78 is 7.03. The van der Waals surface area contributed by atoms with Crippen LogP contribution in [0.3, 0.4) is 0 Å². The molecule has 1 fully saturated rings. The van der Waals surface area contributed by atoms with Crippen molar-refractivity contribution in [3.05, 3.63) is 11.6 Å². The molecule has 0 aliphatic carbocycles. The number of hydrogen-bond acceptors (Lipinski definition) is 5. The molecule has 0 radical (unpaired) electrons. The highest BCUT2D eigenvalue weighted by molar-refractivity contribution is 14.0. The van der Waals surface area contributed by atoms with E-state index >= 15 is 0 Å². The van der Waals surface area contributed by atoms with Crippen LogP contribution in [0.15, 0.2) is 4.99 Å². The number of nitrogens with zero attached hydrogens (tertiary/aromatic N) is 6. The molecular weight excluding hydrogens is 461 g/mol. The summed E-state index contributed by atoms with van der Waals surface area (Å²) in [5.41, 5.74) is 0. The number of halogens is 1. The largest absolute Gasteiger partial charge is 0.450 e. The summed E-state index contributed by atoms with van der Waals surface area (Å²) in [6.07, 6.45) is 1.98. The lowest BCUT2D eigenvalue weighted by atomic mass is 10.3. The van der Waals surface area contributed by atoms with E-state index in [-0.39, 0.29) is 30.1 Å². The molecule has 1 aliphatic heterocycles. The Balaban J connectivity index is 0.00000364. The molecule has 0 aromatic carbocycles. The highest BCUT2D eigenvalue weighted by atomic mass is 127. The molecule has 1 N–H and O–H groups in total. The van der Waals surface area contributed by atoms with Crippen molar-refractivity contribution in [3.8, 4) is 0 Å². The van der Waals surface area contributed by atoms with Gasteiger partial charge in [0.1, 0.15) is 12.4 Å². The van der Waals surface area contributed by atoms with E-state index in [9.17, 15) is 4.79 Å². The fraction of sp³-hybridized carbons (Fsp3) is 0.765. The van der Waals surface area contributed by atoms with Crippen molar-refractivity contribution in [3.63, 3.8) is 0 Å². The fourth-order valence-corrected chi connectivity index (χ4v) is 2.69. The summed E-state index contributed by atoms with van der Waals surface area (Å²) in [7, 11) is 1.95. The van der Waals surface area contributed by atoms with Gasteiger partial charge in [0, 0.05) is 39.8 Å². The van der Waals surface area contributed by atoms with Crippen LogP contribution in [0.5, 0.6) is 0 Å². The van der Waals surface area contributed by atoms with Gasteiger partial charge in [-0.15, -0.1) is 34.2 Å². The number of nitrogens with one attached hydrogen (secondary N) is 1. The van der Waals surface area contributed by atoms with Crippen LogP contribution in [0, 0.1) is 6.92 Å². The van der Waals surface area contributed by atoms with Crippen molar-refractivity contribution in [2.24, 2.45) is 12.0 Å². The van der Waals surface area contributed by atoms with Crippen LogP contribution in [0.25, 0.3) is 0 Å². The molecule has 10 heteroatoms. The summed E-state index contributed by atoms with van der Waals surface area (Å²) >= 11 is 0. The Hall–Kier alpha value is -1.59. The zero-order valence-corrected chi connectivity index (χ0v) is 19.1. The molecule has 0 saturated carbocycles. The zero-order chi connectivity index (χ0) is 18.9. The van der Waals surface area contributed by atoms with E-state index in [1.165, 1.54) is 0 Å². The molecule has 1 amide bonds. The number of ether oxygens (including phenoxy) is 1. The van der Waals surface area contributed by atoms with Crippen LogP contribution in [-0.4, -0.2) is 75.9 Å². The highest BCUT2D eigenvalue weighted by Crippen LogP contribution is 2.06. The molecule has 154 valence electrons. The van der Waals surface area contributed by atoms with Gasteiger partial charge in [-0.05, 0) is 20.3 Å². The fourth-order valence-electron chi connectivity index (χ4n) is 2.69. The lowest BCUT2D eigenvalue weighted by Gasteiger charge is -2.36. The number of guanidine groups is 1. The summed E-state index contributed by atoms with van der Waals surface area (Å²) in [6.45, 7) is 10.4. The van der Waals surface area contributed by atoms with E-state index in [0.717, 1.165) is 50.1 Å². The first kappa shape index (κ1) is 23.4. The molecule has 0 atom stereocenters. The van der Waals surface area contributed by atoms with Crippen molar-refractivity contribution in [1.29, 1.82) is 0 Å². The number of carbonyl (C=O) groups excluding carboxylic acids is 1. The molecule has 0 spiro atoms. The Morgan fingerprint density at radius 2 is 1.85 bits per heavy atom. The van der Waals surface area contributed by atoms with Gasteiger partial charge >= 0.3 is 6.09 Å². The van der Waals surface area contributed by atoms with Crippen LogP contribution < -0.4 is 5.32 Å². The Morgan fingerprint density at radius 1 is 1.19 bits per heavy atom. The van der Waals surface area contributed by atoms with E-state index < -0.39 is 0 Å². The predicted molar refractivity (Wildman–Crippen MR) is 115 cm³/mol. The SMILES string of the molecule is CCCCNC(=NCc1nnc(C)n1C)N1CCN(C(=O)OCC)CC1.I. The average molecular weight is 493 g/mol. The van der Waals surface area contributed by atoms with Gasteiger partial charge in [-0.2, -0.15) is 0 Å². The van der Waals surface area contributed by atoms with Crippen molar-refractivity contribution < 1.29 is 9.53 Å². The first-order valence-corrected chi connectivity index (χ1v) is 9.36. The van der Waals surface area contributed by atoms with Gasteiger partial charge in [0.25, 0.3) is 0 Å². The molecule has 9 nitrogen and oxygen atoms in total. The Labute approximate surface area is 178 Å². The minimum Gasteiger partial charge on any atom is -0.450 e. The van der Waals surface area contributed by atoms with Gasteiger partial charge in [0.05, 0.1) is 6.61 Å². The number of amides is 1. The van der Waals surface area contributed by atoms with Crippen molar-refractivity contribution >= 4 is 36.0 Å². The minimum atomic E-state index is -0.237. The van der Waals surface area contributed by atoms with Crippen molar-refractivity contribution in [1.82, 2.24) is 29.9 Å². The summed E-state index contributed by atoms with van der Waals surface area (Å²) in [4.78, 5) is 20.5. The number of carbonyl (C=O) groups is 1. The second kappa shape index (κ2) is 12.0. The van der Waals surface area contributed by atoms with Gasteiger partial charge in [-0.3, -0.25) is 0 Å². The van der Waals surface area contributed by atoms with Crippen LogP contribution in [0.2, 0.25) is 0 Å². The predicted octanol–water partition coefficient (Wildman–Crippen LogP) is 1.76. The van der Waals surface area contributed by atoms with Gasteiger partial charge < -0.3 is 24.4 Å². The molecule has 27 heavy (non-hydrogen) atoms. The van der Waals surface area contributed by atoms with Gasteiger partial charge in [-0.1, -0.05) is 13.3 Å². The number of aromatic nitrogens is 3. The van der Waals surface area contributed by atoms with Crippen LogP contribution in [-0.2, 0) is 18.3 Å². The maximum Gasteiger partial charge on any atom is 0.409 e. The lowest BCUT2D eigenvalue weighted by molar-refractivity contribution is 0.0914. The van der Waals surface area contributed by atoms with Crippen LogP contribution >= 0.6 is 24.0 Å². The zero-order valence-electron chi connectivity index (χ0n) is 16.8. The first-order chi connectivity index (χ1) is 12.6. The van der Waals surface area contributed by atoms with Gasteiger partial charge in [0.15, 0.2) is 11.8 Å². The van der Waals surface area contributed by atoms with Gasteiger partial charge in [-0.25, -0.2) is 9.79 Å². The maximum atomic E-state index is 11.9. The Bertz CT molecular complexity index is 612. The highest BCUT2D eigenvalue weighted by Gasteiger charge is 2.23. The minimum absolute atomic E-state index is 0. The molecule has 1 aromatic rings. The molecule has 2 heterocycles. The van der Waals surface area contributed by atoms with E-state index in [0.29, 0.717) is 26.2 Å². The number of aryl methyl sites for hydroxylation is 1. The number of piperazine rings is 1. The second-order valence-corrected chi connectivity index (χ2v) is 6.32. The quantitative estimate of drug-likeness (QED) is 0.281. The molecule has 0 bridgehead atoms. The second-order valence-electron chi connectivity index (χ2n) is 6.32. The normalized spacial score (nSPS) is 14.7. The standard InChI is InChI=1S/C17H31N7O2.HI/c1-5-7-8-18-16(19-13-15-21-20-14(3)22(15)4)23-9-11-24(12-10-23)17(25)26-6-2;/h5-13H2,1-4H3,(H,18,19);1H. The van der Waals surface area contributed by atoms with Crippen LogP contribution in [0.4, 0.5) is 4.79 Å². The molecule has 1 aliphatic rings. The lowest BCUT2D eigenvalue weighted by Crippen LogP contribution is -2.54. The molecular formula is C17H32IN7O2. The Morgan fingerprint density at radius 3 is 2.41 bits per heavy atom. The number of unbranched alkanes of at least 4 members (excludes halogenated alkanes) is 1. The summed E-state index contributed by atoms with van der Waals surface area (Å²) in [5.74, 6) is 2.57. The number of aliphatic imine (C=N–C) groups is 1. The van der Waals surface area contributed by atoms with E-state index in [4.69, 9.17) is 9.73 Å². The first-order valence-electron chi connectivity index (χ1n) is 9.36. The van der Waals surface area contributed by atoms with Crippen molar-refractivity contribution in [2.75, 3.05) is 39.3 Å². The topological polar surface area (TPSA) is 87.9 Å². The summed E-state index contributed by atoms with van der Waals surface area (Å²) in [6, 6.07) is 0. The smallest absolute Gasteiger partial charge is 0.409 e. The molecule has 2 rings (SSSR count). The number of rotatable bonds is 6. The van der Waals surface area contributed by atoms with E-state index in [1.54, 1.807) is 4.90 Å². The maximum absolute atomic E-state index is 11.9. The Kier molecular flexibility index (Phi) is 10.4. The van der Waals surface area contributed by atoms with E-state index in [1.807, 2.05) is 25.5 Å². The third-order valence-corrected chi connectivity index (χ3v) is 4.47. The monoisotopic (exact) mass is 493 g/mol. The average Bonchev–Trinajstić information content (AvgIpc) is 2.97. The molecule has 0 unspecified atom stereocenters. The number of hydrogen-bond donors (Lipinski definition) is 1. The van der Waals surface area contributed by atoms with Gasteiger partial charge in [0.2, 0.25) is 0 Å². The van der Waals surface area contributed by atoms with Crippen molar-refractivity contribution in [2.45, 2.75) is 40.2 Å². The van der Waals surface area contributed by atoms with E-state index in [2.05, 4.69) is 27.3 Å². The third kappa shape index (κ3) is 6.82. The summed E-state index contributed by atoms with van der Waals surface area (Å²) in [5, 5.41) is 11.7. The molecule has 1 aromatic heterocycles. The molecule has 1 saturated heterocycles. The van der Waals surface area contributed by atoms with Crippen LogP contribution in [0.1, 0.15) is 38.3 Å². The third-order valence-electron chi connectivity index (χ3n) is 4.47.